The smallest absolute Gasteiger partial charge is 0.119 e. The van der Waals surface area contributed by atoms with Gasteiger partial charge in [0.05, 0.1) is 6.61 Å². The summed E-state index contributed by atoms with van der Waals surface area (Å²) in [4.78, 5) is 0. The average Bonchev–Trinajstić information content (AvgIpc) is 2.54. The summed E-state index contributed by atoms with van der Waals surface area (Å²) in [6, 6.07) is 8.43. The standard InChI is InChI=1S/C19H29N3O/c1-4-9-17-10-8-11-18(14-17)15-23-13-7-6-12-19(5-2)22-21-16(3)20/h4,8-11,14H,5-7,12-13,15H2,1-3H3,(H2,20,21)/b9-4+,22-19+. The van der Waals surface area contributed by atoms with Crippen LogP contribution in [0.25, 0.3) is 6.08 Å². The molecule has 4 heteroatoms. The van der Waals surface area contributed by atoms with E-state index in [9.17, 15) is 0 Å². The van der Waals surface area contributed by atoms with Crippen molar-refractivity contribution in [3.05, 3.63) is 41.5 Å². The molecule has 1 aromatic carbocycles. The molecule has 2 N–H and O–H groups in total. The Morgan fingerprint density at radius 3 is 2.78 bits per heavy atom. The summed E-state index contributed by atoms with van der Waals surface area (Å²) in [7, 11) is 0. The van der Waals surface area contributed by atoms with Crippen LogP contribution < -0.4 is 5.73 Å². The number of hydrogen-bond acceptors (Lipinski definition) is 3. The summed E-state index contributed by atoms with van der Waals surface area (Å²) in [5.41, 5.74) is 9.01. The normalized spacial score (nSPS) is 13.0. The lowest BCUT2D eigenvalue weighted by Crippen LogP contribution is -2.05. The molecule has 23 heavy (non-hydrogen) atoms. The highest BCUT2D eigenvalue weighted by Gasteiger charge is 1.98. The van der Waals surface area contributed by atoms with Gasteiger partial charge in [-0.3, -0.25) is 0 Å². The molecule has 0 radical (unpaired) electrons. The van der Waals surface area contributed by atoms with Gasteiger partial charge in [0.1, 0.15) is 5.84 Å². The van der Waals surface area contributed by atoms with Gasteiger partial charge in [0, 0.05) is 12.3 Å². The maximum atomic E-state index is 5.75. The summed E-state index contributed by atoms with van der Waals surface area (Å²) in [5.74, 6) is 0.499. The van der Waals surface area contributed by atoms with Crippen LogP contribution in [0, 0.1) is 0 Å². The van der Waals surface area contributed by atoms with Crippen LogP contribution in [0.15, 0.2) is 40.5 Å². The first-order chi connectivity index (χ1) is 11.2. The highest BCUT2D eigenvalue weighted by Crippen LogP contribution is 2.09. The summed E-state index contributed by atoms with van der Waals surface area (Å²) in [6.45, 7) is 7.29. The van der Waals surface area contributed by atoms with Gasteiger partial charge in [-0.25, -0.2) is 0 Å². The van der Waals surface area contributed by atoms with Crippen molar-refractivity contribution in [1.29, 1.82) is 0 Å². The zero-order chi connectivity index (χ0) is 16.9. The monoisotopic (exact) mass is 315 g/mol. The number of allylic oxidation sites excluding steroid dienone is 1. The number of unbranched alkanes of at least 4 members (excludes halogenated alkanes) is 1. The van der Waals surface area contributed by atoms with Gasteiger partial charge in [-0.15, -0.1) is 5.10 Å². The maximum Gasteiger partial charge on any atom is 0.119 e. The molecule has 1 aromatic rings. The third-order valence-corrected chi connectivity index (χ3v) is 3.34. The van der Waals surface area contributed by atoms with Gasteiger partial charge in [0.2, 0.25) is 0 Å². The first-order valence-corrected chi connectivity index (χ1v) is 8.30. The largest absolute Gasteiger partial charge is 0.386 e. The van der Waals surface area contributed by atoms with Crippen LogP contribution >= 0.6 is 0 Å². The quantitative estimate of drug-likeness (QED) is 0.298. The second-order valence-corrected chi connectivity index (χ2v) is 5.52. The molecular formula is C19H29N3O. The van der Waals surface area contributed by atoms with E-state index in [0.29, 0.717) is 12.4 Å². The van der Waals surface area contributed by atoms with Crippen LogP contribution in [0.5, 0.6) is 0 Å². The van der Waals surface area contributed by atoms with Gasteiger partial charge >= 0.3 is 0 Å². The third kappa shape index (κ3) is 8.94. The molecule has 0 spiro atoms. The van der Waals surface area contributed by atoms with Gasteiger partial charge in [-0.2, -0.15) is 5.10 Å². The van der Waals surface area contributed by atoms with E-state index in [1.165, 1.54) is 11.1 Å². The molecule has 0 bridgehead atoms. The Labute approximate surface area is 140 Å². The lowest BCUT2D eigenvalue weighted by Gasteiger charge is -2.06. The van der Waals surface area contributed by atoms with Gasteiger partial charge in [0.15, 0.2) is 0 Å². The predicted molar refractivity (Wildman–Crippen MR) is 99.7 cm³/mol. The number of nitrogens with two attached hydrogens (primary N) is 1. The maximum absolute atomic E-state index is 5.75. The molecule has 0 saturated carbocycles. The topological polar surface area (TPSA) is 60.0 Å². The van der Waals surface area contributed by atoms with Crippen molar-refractivity contribution < 1.29 is 4.74 Å². The van der Waals surface area contributed by atoms with Crippen LogP contribution in [-0.4, -0.2) is 18.2 Å². The van der Waals surface area contributed by atoms with Crippen LogP contribution in [-0.2, 0) is 11.3 Å². The fourth-order valence-electron chi connectivity index (χ4n) is 2.15. The highest BCUT2D eigenvalue weighted by atomic mass is 16.5. The predicted octanol–water partition coefficient (Wildman–Crippen LogP) is 4.55. The molecule has 0 saturated heterocycles. The lowest BCUT2D eigenvalue weighted by molar-refractivity contribution is 0.117. The van der Waals surface area contributed by atoms with E-state index in [-0.39, 0.29) is 0 Å². The number of rotatable bonds is 10. The fourth-order valence-corrected chi connectivity index (χ4v) is 2.15. The van der Waals surface area contributed by atoms with Crippen LogP contribution in [0.2, 0.25) is 0 Å². The van der Waals surface area contributed by atoms with Crippen molar-refractivity contribution in [3.63, 3.8) is 0 Å². The van der Waals surface area contributed by atoms with Crippen LogP contribution in [0.1, 0.15) is 57.6 Å². The zero-order valence-corrected chi connectivity index (χ0v) is 14.6. The molecule has 0 atom stereocenters. The zero-order valence-electron chi connectivity index (χ0n) is 14.6. The summed E-state index contributed by atoms with van der Waals surface area (Å²) in [6.07, 6.45) is 8.09. The van der Waals surface area contributed by atoms with E-state index >= 15 is 0 Å². The van der Waals surface area contributed by atoms with E-state index in [2.05, 4.69) is 47.5 Å². The minimum absolute atomic E-state index is 0.499. The lowest BCUT2D eigenvalue weighted by atomic mass is 10.1. The van der Waals surface area contributed by atoms with Gasteiger partial charge in [0.25, 0.3) is 0 Å². The number of amidine groups is 1. The first-order valence-electron chi connectivity index (χ1n) is 8.30. The molecule has 0 fully saturated rings. The number of hydrogen-bond donors (Lipinski definition) is 1. The Morgan fingerprint density at radius 2 is 2.09 bits per heavy atom. The Kier molecular flexibility index (Phi) is 9.64. The van der Waals surface area contributed by atoms with Gasteiger partial charge in [-0.1, -0.05) is 37.3 Å². The molecule has 0 aliphatic heterocycles. The summed E-state index contributed by atoms with van der Waals surface area (Å²) in [5, 5.41) is 8.09. The first kappa shape index (κ1) is 19.1. The molecule has 0 aliphatic carbocycles. The van der Waals surface area contributed by atoms with Crippen LogP contribution in [0.4, 0.5) is 0 Å². The molecule has 4 nitrogen and oxygen atoms in total. The second-order valence-electron chi connectivity index (χ2n) is 5.52. The van der Waals surface area contributed by atoms with Crippen molar-refractivity contribution >= 4 is 17.6 Å². The Balaban J connectivity index is 2.24. The van der Waals surface area contributed by atoms with Crippen molar-refractivity contribution in [2.45, 2.75) is 53.1 Å². The molecule has 0 amide bonds. The van der Waals surface area contributed by atoms with Gasteiger partial charge < -0.3 is 10.5 Å². The SMILES string of the molecule is C/C=C/c1cccc(COCCCC/C(CC)=N/N=C(\C)N)c1. The Morgan fingerprint density at radius 1 is 1.26 bits per heavy atom. The van der Waals surface area contributed by atoms with E-state index in [4.69, 9.17) is 10.5 Å². The van der Waals surface area contributed by atoms with Crippen LogP contribution in [0.3, 0.4) is 0 Å². The fraction of sp³-hybridized carbons (Fsp3) is 0.474. The number of benzene rings is 1. The summed E-state index contributed by atoms with van der Waals surface area (Å²) < 4.78 is 5.75. The van der Waals surface area contributed by atoms with Crippen molar-refractivity contribution in [2.24, 2.45) is 15.9 Å². The molecule has 0 aromatic heterocycles. The highest BCUT2D eigenvalue weighted by molar-refractivity contribution is 5.85. The minimum Gasteiger partial charge on any atom is -0.386 e. The average molecular weight is 315 g/mol. The Hall–Kier alpha value is -1.94. The van der Waals surface area contributed by atoms with Crippen molar-refractivity contribution in [1.82, 2.24) is 0 Å². The van der Waals surface area contributed by atoms with Gasteiger partial charge in [-0.05, 0) is 56.7 Å². The van der Waals surface area contributed by atoms with Crippen molar-refractivity contribution in [3.8, 4) is 0 Å². The Bertz CT molecular complexity index is 543. The number of ether oxygens (including phenoxy) is 1. The molecule has 0 aliphatic rings. The summed E-state index contributed by atoms with van der Waals surface area (Å²) >= 11 is 0. The third-order valence-electron chi connectivity index (χ3n) is 3.34. The molecule has 0 heterocycles. The molecular weight excluding hydrogens is 286 g/mol. The van der Waals surface area contributed by atoms with E-state index in [1.807, 2.05) is 13.0 Å². The molecule has 1 rings (SSSR count). The van der Waals surface area contributed by atoms with Crippen molar-refractivity contribution in [2.75, 3.05) is 6.61 Å². The molecule has 0 unspecified atom stereocenters. The number of nitrogens with zero attached hydrogens (tertiary/aromatic N) is 2. The van der Waals surface area contributed by atoms with E-state index < -0.39 is 0 Å². The van der Waals surface area contributed by atoms with E-state index in [1.54, 1.807) is 6.92 Å². The minimum atomic E-state index is 0.499. The molecule has 126 valence electrons. The van der Waals surface area contributed by atoms with E-state index in [0.717, 1.165) is 38.0 Å². The second kappa shape index (κ2) is 11.6.